The van der Waals surface area contributed by atoms with Crippen molar-refractivity contribution in [3.63, 3.8) is 0 Å². The minimum atomic E-state index is -0.246. The van der Waals surface area contributed by atoms with E-state index in [0.29, 0.717) is 13.0 Å². The number of carbonyl (C=O) groups is 2. The van der Waals surface area contributed by atoms with Crippen molar-refractivity contribution in [1.82, 2.24) is 5.32 Å². The highest BCUT2D eigenvalue weighted by atomic mass is 19.1. The van der Waals surface area contributed by atoms with Crippen molar-refractivity contribution >= 4 is 17.4 Å². The third-order valence-corrected chi connectivity index (χ3v) is 5.68. The van der Waals surface area contributed by atoms with Crippen LogP contribution < -0.4 is 15.1 Å². The number of piperazine rings is 1. The first-order valence-corrected chi connectivity index (χ1v) is 10.2. The number of benzene rings is 2. The Labute approximate surface area is 171 Å². The van der Waals surface area contributed by atoms with Crippen molar-refractivity contribution in [3.05, 3.63) is 65.5 Å². The molecule has 3 rings (SSSR count). The highest BCUT2D eigenvalue weighted by molar-refractivity contribution is 5.94. The van der Waals surface area contributed by atoms with Crippen LogP contribution in [0.2, 0.25) is 0 Å². The summed E-state index contributed by atoms with van der Waals surface area (Å²) < 4.78 is 12.9. The Balaban J connectivity index is 1.43. The monoisotopic (exact) mass is 398 g/mol. The molecule has 6 heteroatoms. The molecular formula is C23H29FN3O2+. The summed E-state index contributed by atoms with van der Waals surface area (Å²) in [5.41, 5.74) is 2.85. The van der Waals surface area contributed by atoms with Gasteiger partial charge in [-0.25, -0.2) is 4.39 Å². The summed E-state index contributed by atoms with van der Waals surface area (Å²) in [5.74, 6) is -0.115. The molecule has 1 heterocycles. The van der Waals surface area contributed by atoms with Crippen LogP contribution in [0.25, 0.3) is 0 Å². The molecule has 0 aromatic heterocycles. The third-order valence-electron chi connectivity index (χ3n) is 5.68. The van der Waals surface area contributed by atoms with Crippen LogP contribution in [0.15, 0.2) is 48.5 Å². The van der Waals surface area contributed by atoms with E-state index in [2.05, 4.69) is 10.2 Å². The van der Waals surface area contributed by atoms with E-state index in [0.717, 1.165) is 43.0 Å². The Kier molecular flexibility index (Phi) is 6.99. The van der Waals surface area contributed by atoms with Crippen molar-refractivity contribution in [2.24, 2.45) is 0 Å². The van der Waals surface area contributed by atoms with Crippen LogP contribution in [0.1, 0.15) is 29.8 Å². The van der Waals surface area contributed by atoms with E-state index in [1.807, 2.05) is 31.2 Å². The van der Waals surface area contributed by atoms with Gasteiger partial charge < -0.3 is 15.1 Å². The van der Waals surface area contributed by atoms with Gasteiger partial charge in [-0.15, -0.1) is 0 Å². The number of hydrogen-bond donors (Lipinski definition) is 2. The lowest BCUT2D eigenvalue weighted by molar-refractivity contribution is -0.914. The average molecular weight is 399 g/mol. The molecule has 5 nitrogen and oxygen atoms in total. The van der Waals surface area contributed by atoms with Crippen molar-refractivity contribution < 1.29 is 18.9 Å². The highest BCUT2D eigenvalue weighted by Gasteiger charge is 2.29. The molecule has 1 amide bonds. The van der Waals surface area contributed by atoms with Gasteiger partial charge in [-0.1, -0.05) is 12.1 Å². The normalized spacial score (nSPS) is 15.8. The van der Waals surface area contributed by atoms with Gasteiger partial charge in [0.15, 0.2) is 11.8 Å². The molecule has 2 N–H and O–H groups in total. The number of quaternary nitrogens is 1. The van der Waals surface area contributed by atoms with Gasteiger partial charge >= 0.3 is 0 Å². The van der Waals surface area contributed by atoms with Crippen LogP contribution in [0.5, 0.6) is 0 Å². The summed E-state index contributed by atoms with van der Waals surface area (Å²) in [6.07, 6.45) is 0.693. The molecule has 1 aliphatic heterocycles. The molecule has 2 aromatic carbocycles. The maximum Gasteiger partial charge on any atom is 0.278 e. The maximum atomic E-state index is 12.9. The molecule has 0 radical (unpaired) electrons. The molecule has 29 heavy (non-hydrogen) atoms. The van der Waals surface area contributed by atoms with Crippen LogP contribution in [-0.2, 0) is 11.2 Å². The third kappa shape index (κ3) is 5.64. The van der Waals surface area contributed by atoms with Gasteiger partial charge in [0.05, 0.1) is 26.2 Å². The molecule has 2 aromatic rings. The number of carbonyl (C=O) groups excluding carboxylic acids is 2. The topological polar surface area (TPSA) is 53.9 Å². The van der Waals surface area contributed by atoms with Crippen molar-refractivity contribution in [2.45, 2.75) is 26.3 Å². The second kappa shape index (κ2) is 9.65. The van der Waals surface area contributed by atoms with Gasteiger partial charge in [0.2, 0.25) is 0 Å². The first kappa shape index (κ1) is 21.0. The molecule has 154 valence electrons. The lowest BCUT2D eigenvalue weighted by atomic mass is 10.1. The second-order valence-corrected chi connectivity index (χ2v) is 7.64. The first-order valence-electron chi connectivity index (χ1n) is 10.2. The Morgan fingerprint density at radius 1 is 1.07 bits per heavy atom. The Morgan fingerprint density at radius 2 is 1.69 bits per heavy atom. The SMILES string of the molecule is CC(=O)c1ccc(N2CC[NH+]([C@@H](C)C(=O)NCCc3ccc(F)cc3)CC2)cc1. The Hall–Kier alpha value is -2.73. The van der Waals surface area contributed by atoms with Gasteiger partial charge in [0, 0.05) is 17.8 Å². The summed E-state index contributed by atoms with van der Waals surface area (Å²) in [6.45, 7) is 7.63. The Bertz CT molecular complexity index is 828. The number of hydrogen-bond acceptors (Lipinski definition) is 3. The molecule has 1 saturated heterocycles. The standard InChI is InChI=1S/C23H28FN3O2/c1-17(23(29)25-12-11-19-3-7-21(24)8-4-19)26-13-15-27(16-14-26)22-9-5-20(6-10-22)18(2)28/h3-10,17H,11-16H2,1-2H3,(H,25,29)/p+1/t17-/m0/s1. The lowest BCUT2D eigenvalue weighted by Crippen LogP contribution is -3.19. The Morgan fingerprint density at radius 3 is 2.28 bits per heavy atom. The van der Waals surface area contributed by atoms with Crippen LogP contribution in [-0.4, -0.2) is 50.5 Å². The fourth-order valence-electron chi connectivity index (χ4n) is 3.71. The zero-order valence-corrected chi connectivity index (χ0v) is 17.1. The van der Waals surface area contributed by atoms with Gasteiger partial charge in [0.1, 0.15) is 5.82 Å². The van der Waals surface area contributed by atoms with Crippen LogP contribution in [0.3, 0.4) is 0 Å². The average Bonchev–Trinajstić information content (AvgIpc) is 2.74. The fraction of sp³-hybridized carbons (Fsp3) is 0.391. The molecule has 1 atom stereocenters. The van der Waals surface area contributed by atoms with Crippen molar-refractivity contribution in [2.75, 3.05) is 37.6 Å². The lowest BCUT2D eigenvalue weighted by Gasteiger charge is -2.36. The summed E-state index contributed by atoms with van der Waals surface area (Å²) >= 11 is 0. The molecule has 1 aliphatic rings. The molecular weight excluding hydrogens is 369 g/mol. The number of anilines is 1. The van der Waals surface area contributed by atoms with E-state index >= 15 is 0 Å². The zero-order chi connectivity index (χ0) is 20.8. The smallest absolute Gasteiger partial charge is 0.278 e. The van der Waals surface area contributed by atoms with E-state index < -0.39 is 0 Å². The van der Waals surface area contributed by atoms with Crippen LogP contribution in [0, 0.1) is 5.82 Å². The quantitative estimate of drug-likeness (QED) is 0.695. The maximum absolute atomic E-state index is 12.9. The van der Waals surface area contributed by atoms with Gasteiger partial charge in [0.25, 0.3) is 5.91 Å². The summed E-state index contributed by atoms with van der Waals surface area (Å²) in [6, 6.07) is 14.0. The van der Waals surface area contributed by atoms with Crippen molar-refractivity contribution in [1.29, 1.82) is 0 Å². The van der Waals surface area contributed by atoms with E-state index in [-0.39, 0.29) is 23.5 Å². The minimum absolute atomic E-state index is 0.0568. The summed E-state index contributed by atoms with van der Waals surface area (Å²) in [5, 5.41) is 3.00. The minimum Gasteiger partial charge on any atom is -0.360 e. The highest BCUT2D eigenvalue weighted by Crippen LogP contribution is 2.15. The van der Waals surface area contributed by atoms with E-state index in [1.54, 1.807) is 19.1 Å². The predicted octanol–water partition coefficient (Wildman–Crippen LogP) is 1.48. The van der Waals surface area contributed by atoms with Crippen LogP contribution in [0.4, 0.5) is 10.1 Å². The zero-order valence-electron chi connectivity index (χ0n) is 17.1. The number of nitrogens with zero attached hydrogens (tertiary/aromatic N) is 1. The van der Waals surface area contributed by atoms with E-state index in [9.17, 15) is 14.0 Å². The molecule has 0 spiro atoms. The van der Waals surface area contributed by atoms with Gasteiger partial charge in [-0.3, -0.25) is 9.59 Å². The summed E-state index contributed by atoms with van der Waals surface area (Å²) in [4.78, 5) is 27.5. The molecule has 0 saturated carbocycles. The molecule has 0 bridgehead atoms. The number of halogens is 1. The fourth-order valence-corrected chi connectivity index (χ4v) is 3.71. The van der Waals surface area contributed by atoms with Crippen molar-refractivity contribution in [3.8, 4) is 0 Å². The number of nitrogens with one attached hydrogen (secondary N) is 2. The first-order chi connectivity index (χ1) is 13.9. The number of rotatable bonds is 7. The van der Waals surface area contributed by atoms with Gasteiger partial charge in [-0.05, 0) is 62.2 Å². The largest absolute Gasteiger partial charge is 0.360 e. The second-order valence-electron chi connectivity index (χ2n) is 7.64. The van der Waals surface area contributed by atoms with Gasteiger partial charge in [-0.2, -0.15) is 0 Å². The summed E-state index contributed by atoms with van der Waals surface area (Å²) in [7, 11) is 0. The van der Waals surface area contributed by atoms with Crippen LogP contribution >= 0.6 is 0 Å². The van der Waals surface area contributed by atoms with E-state index in [4.69, 9.17) is 0 Å². The van der Waals surface area contributed by atoms with E-state index in [1.165, 1.54) is 17.0 Å². The molecule has 0 aliphatic carbocycles. The molecule has 0 unspecified atom stereocenters. The number of Topliss-reactive ketones (excluding diaryl/α,β-unsaturated/α-hetero) is 1. The predicted molar refractivity (Wildman–Crippen MR) is 112 cm³/mol. The number of ketones is 1. The molecule has 1 fully saturated rings. The number of amides is 1.